The second-order valence-electron chi connectivity index (χ2n) is 5.22. The maximum atomic E-state index is 8.27. The fourth-order valence-electron chi connectivity index (χ4n) is 3.13. The molecule has 2 nitrogen and oxygen atoms in total. The third-order valence-electron chi connectivity index (χ3n) is 4.19. The van der Waals surface area contributed by atoms with Gasteiger partial charge in [0.25, 0.3) is 0 Å². The number of hydrogen-bond acceptors (Lipinski definition) is 1. The van der Waals surface area contributed by atoms with Gasteiger partial charge in [-0.15, -0.1) is 0 Å². The van der Waals surface area contributed by atoms with Crippen LogP contribution in [0.4, 0.5) is 0 Å². The largest absolute Gasteiger partial charge is 0.360 e. The maximum Gasteiger partial charge on any atom is 0.0989 e. The molecular weight excluding hydrogens is 184 g/mol. The Hall–Kier alpha value is -0.530. The Bertz CT molecular complexity index is 219. The van der Waals surface area contributed by atoms with Crippen molar-refractivity contribution in [3.8, 4) is 0 Å². The van der Waals surface area contributed by atoms with E-state index in [2.05, 4.69) is 11.8 Å². The van der Waals surface area contributed by atoms with Crippen LogP contribution < -0.4 is 0 Å². The quantitative estimate of drug-likeness (QED) is 0.547. The molecular formula is C13H24N2. The van der Waals surface area contributed by atoms with Crippen LogP contribution in [0.3, 0.4) is 0 Å². The molecule has 2 fully saturated rings. The first-order valence-electron chi connectivity index (χ1n) is 6.64. The lowest BCUT2D eigenvalue weighted by Gasteiger charge is -2.32. The molecule has 0 aromatic carbocycles. The molecule has 2 atom stereocenters. The van der Waals surface area contributed by atoms with Gasteiger partial charge in [0.2, 0.25) is 0 Å². The monoisotopic (exact) mass is 208 g/mol. The van der Waals surface area contributed by atoms with Gasteiger partial charge in [-0.1, -0.05) is 26.2 Å². The molecule has 86 valence electrons. The molecule has 2 aliphatic rings. The highest BCUT2D eigenvalue weighted by Crippen LogP contribution is 2.32. The third-order valence-corrected chi connectivity index (χ3v) is 4.19. The van der Waals surface area contributed by atoms with Crippen LogP contribution in [0.2, 0.25) is 0 Å². The second-order valence-corrected chi connectivity index (χ2v) is 5.22. The summed E-state index contributed by atoms with van der Waals surface area (Å²) in [4.78, 5) is 2.32. The molecule has 1 saturated heterocycles. The second kappa shape index (κ2) is 5.00. The highest BCUT2D eigenvalue weighted by Gasteiger charge is 2.27. The van der Waals surface area contributed by atoms with Gasteiger partial charge in [0.1, 0.15) is 0 Å². The Morgan fingerprint density at radius 1 is 1.20 bits per heavy atom. The van der Waals surface area contributed by atoms with Crippen molar-refractivity contribution < 1.29 is 0 Å². The first-order valence-corrected chi connectivity index (χ1v) is 6.64. The molecule has 0 amide bonds. The molecule has 2 rings (SSSR count). The predicted octanol–water partition coefficient (Wildman–Crippen LogP) is 3.28. The summed E-state index contributed by atoms with van der Waals surface area (Å²) in [6.45, 7) is 4.59. The van der Waals surface area contributed by atoms with Crippen molar-refractivity contribution in [1.82, 2.24) is 4.90 Å². The zero-order valence-corrected chi connectivity index (χ0v) is 9.97. The van der Waals surface area contributed by atoms with Crippen LogP contribution in [-0.4, -0.2) is 23.8 Å². The molecule has 1 N–H and O–H groups in total. The fourth-order valence-corrected chi connectivity index (χ4v) is 3.13. The van der Waals surface area contributed by atoms with Crippen LogP contribution >= 0.6 is 0 Å². The molecule has 1 aliphatic heterocycles. The van der Waals surface area contributed by atoms with E-state index in [1.807, 2.05) is 0 Å². The molecule has 0 radical (unpaired) electrons. The number of hydrogen-bond donors (Lipinski definition) is 1. The SMILES string of the molecule is CCC1CCCC(C(=N)N2CCCC2)C1. The topological polar surface area (TPSA) is 27.1 Å². The van der Waals surface area contributed by atoms with E-state index < -0.39 is 0 Å². The molecule has 0 aromatic heterocycles. The Morgan fingerprint density at radius 3 is 2.60 bits per heavy atom. The predicted molar refractivity (Wildman–Crippen MR) is 64.3 cm³/mol. The summed E-state index contributed by atoms with van der Waals surface area (Å²) in [6, 6.07) is 0. The van der Waals surface area contributed by atoms with E-state index in [1.165, 1.54) is 44.9 Å². The van der Waals surface area contributed by atoms with Crippen molar-refractivity contribution in [2.45, 2.75) is 51.9 Å². The Kier molecular flexibility index (Phi) is 3.66. The summed E-state index contributed by atoms with van der Waals surface area (Å²) in [5.41, 5.74) is 0. The van der Waals surface area contributed by atoms with Gasteiger partial charge in [-0.25, -0.2) is 0 Å². The zero-order chi connectivity index (χ0) is 10.7. The van der Waals surface area contributed by atoms with Crippen molar-refractivity contribution in [3.05, 3.63) is 0 Å². The molecule has 1 saturated carbocycles. The highest BCUT2D eigenvalue weighted by molar-refractivity contribution is 5.82. The van der Waals surface area contributed by atoms with Gasteiger partial charge < -0.3 is 4.90 Å². The maximum absolute atomic E-state index is 8.27. The van der Waals surface area contributed by atoms with Gasteiger partial charge in [-0.3, -0.25) is 5.41 Å². The minimum absolute atomic E-state index is 0.585. The minimum Gasteiger partial charge on any atom is -0.360 e. The summed E-state index contributed by atoms with van der Waals surface area (Å²) in [6.07, 6.45) is 9.21. The van der Waals surface area contributed by atoms with E-state index in [0.717, 1.165) is 24.8 Å². The van der Waals surface area contributed by atoms with Crippen LogP contribution in [0, 0.1) is 17.2 Å². The van der Waals surface area contributed by atoms with Crippen molar-refractivity contribution in [1.29, 1.82) is 5.41 Å². The van der Waals surface area contributed by atoms with Crippen molar-refractivity contribution >= 4 is 5.84 Å². The van der Waals surface area contributed by atoms with Crippen molar-refractivity contribution in [2.75, 3.05) is 13.1 Å². The lowest BCUT2D eigenvalue weighted by Crippen LogP contribution is -2.35. The van der Waals surface area contributed by atoms with Gasteiger partial charge in [0.05, 0.1) is 5.84 Å². The van der Waals surface area contributed by atoms with E-state index in [9.17, 15) is 0 Å². The molecule has 15 heavy (non-hydrogen) atoms. The van der Waals surface area contributed by atoms with Gasteiger partial charge >= 0.3 is 0 Å². The van der Waals surface area contributed by atoms with Gasteiger partial charge in [0.15, 0.2) is 0 Å². The lowest BCUT2D eigenvalue weighted by atomic mass is 9.79. The van der Waals surface area contributed by atoms with Crippen LogP contribution in [0.15, 0.2) is 0 Å². The van der Waals surface area contributed by atoms with Crippen LogP contribution in [-0.2, 0) is 0 Å². The smallest absolute Gasteiger partial charge is 0.0989 e. The Labute approximate surface area is 93.6 Å². The average molecular weight is 208 g/mol. The Balaban J connectivity index is 1.88. The van der Waals surface area contributed by atoms with Gasteiger partial charge in [-0.2, -0.15) is 0 Å². The first kappa shape index (κ1) is 11.0. The van der Waals surface area contributed by atoms with E-state index in [4.69, 9.17) is 5.41 Å². The van der Waals surface area contributed by atoms with Crippen molar-refractivity contribution in [3.63, 3.8) is 0 Å². The summed E-state index contributed by atoms with van der Waals surface area (Å²) in [7, 11) is 0. The summed E-state index contributed by atoms with van der Waals surface area (Å²) in [5, 5.41) is 8.27. The van der Waals surface area contributed by atoms with E-state index >= 15 is 0 Å². The molecule has 1 heterocycles. The highest BCUT2D eigenvalue weighted by atomic mass is 15.2. The first-order chi connectivity index (χ1) is 7.31. The lowest BCUT2D eigenvalue weighted by molar-refractivity contribution is 0.292. The van der Waals surface area contributed by atoms with Gasteiger partial charge in [-0.05, 0) is 31.6 Å². The van der Waals surface area contributed by atoms with Crippen LogP contribution in [0.5, 0.6) is 0 Å². The summed E-state index contributed by atoms with van der Waals surface area (Å²) in [5.74, 6) is 2.44. The zero-order valence-electron chi connectivity index (χ0n) is 9.97. The van der Waals surface area contributed by atoms with E-state index in [1.54, 1.807) is 0 Å². The molecule has 0 bridgehead atoms. The normalized spacial score (nSPS) is 31.9. The van der Waals surface area contributed by atoms with Crippen LogP contribution in [0.1, 0.15) is 51.9 Å². The fraction of sp³-hybridized carbons (Fsp3) is 0.923. The molecule has 2 unspecified atom stereocenters. The van der Waals surface area contributed by atoms with E-state index in [-0.39, 0.29) is 0 Å². The molecule has 0 aromatic rings. The standard InChI is InChI=1S/C13H24N2/c1-2-11-6-5-7-12(10-11)13(14)15-8-3-4-9-15/h11-12,14H,2-10H2,1H3. The van der Waals surface area contributed by atoms with Crippen molar-refractivity contribution in [2.24, 2.45) is 11.8 Å². The molecule has 2 heteroatoms. The van der Waals surface area contributed by atoms with E-state index in [0.29, 0.717) is 5.92 Å². The number of rotatable bonds is 2. The Morgan fingerprint density at radius 2 is 1.93 bits per heavy atom. The number of amidine groups is 1. The summed E-state index contributed by atoms with van der Waals surface area (Å²) < 4.78 is 0. The molecule has 0 spiro atoms. The number of nitrogens with zero attached hydrogens (tertiary/aromatic N) is 1. The van der Waals surface area contributed by atoms with Gasteiger partial charge in [0, 0.05) is 19.0 Å². The minimum atomic E-state index is 0.585. The third kappa shape index (κ3) is 2.53. The van der Waals surface area contributed by atoms with Crippen LogP contribution in [0.25, 0.3) is 0 Å². The molecule has 1 aliphatic carbocycles. The number of likely N-dealkylation sites (tertiary alicyclic amines) is 1. The average Bonchev–Trinajstić information content (AvgIpc) is 2.81. The summed E-state index contributed by atoms with van der Waals surface area (Å²) >= 11 is 0. The number of nitrogens with one attached hydrogen (secondary N) is 1.